The van der Waals surface area contributed by atoms with Gasteiger partial charge in [0.1, 0.15) is 48.4 Å². The molecule has 0 bridgehead atoms. The van der Waals surface area contributed by atoms with Gasteiger partial charge in [0.2, 0.25) is 0 Å². The second-order valence-corrected chi connectivity index (χ2v) is 14.4. The first-order valence-corrected chi connectivity index (χ1v) is 17.0. The molecule has 8 atom stereocenters. The fourth-order valence-electron chi connectivity index (χ4n) is 5.19. The van der Waals surface area contributed by atoms with E-state index in [1.54, 1.807) is 9.13 Å². The van der Waals surface area contributed by atoms with Crippen LogP contribution in [0.3, 0.4) is 0 Å². The highest BCUT2D eigenvalue weighted by Gasteiger charge is 2.43. The monoisotopic (exact) mass is 644 g/mol. The number of ether oxygens (including phenoxy) is 2. The van der Waals surface area contributed by atoms with E-state index >= 15 is 0 Å². The molecule has 21 heteroatoms. The number of nitrogens with two attached hydrogens (primary N) is 2. The minimum Gasteiger partial charge on any atom is -0.382 e. The van der Waals surface area contributed by atoms with Crippen molar-refractivity contribution in [2.45, 2.75) is 43.7 Å². The van der Waals surface area contributed by atoms with E-state index in [2.05, 4.69) is 42.2 Å². The summed E-state index contributed by atoms with van der Waals surface area (Å²) in [5.41, 5.74) is 13.3. The van der Waals surface area contributed by atoms with Crippen molar-refractivity contribution in [2.75, 3.05) is 30.8 Å². The molecule has 2 fully saturated rings. The van der Waals surface area contributed by atoms with Gasteiger partial charge in [-0.1, -0.05) is 12.2 Å². The fourth-order valence-corrected chi connectivity index (χ4v) is 7.79. The smallest absolute Gasteiger partial charge is 0.316 e. The summed E-state index contributed by atoms with van der Waals surface area (Å²) in [5.74, 6) is -0.0879. The molecule has 2 unspecified atom stereocenters. The van der Waals surface area contributed by atoms with Gasteiger partial charge in [-0.05, 0) is 6.42 Å². The molecule has 226 valence electrons. The fraction of sp³-hybridized carbons (Fsp3) is 0.524. The van der Waals surface area contributed by atoms with Crippen LogP contribution in [0.15, 0.2) is 25.3 Å². The maximum Gasteiger partial charge on any atom is 0.316 e. The third kappa shape index (κ3) is 5.88. The first-order valence-electron chi connectivity index (χ1n) is 12.7. The van der Waals surface area contributed by atoms with Gasteiger partial charge in [0, 0.05) is 18.5 Å². The summed E-state index contributed by atoms with van der Waals surface area (Å²) in [6, 6.07) is 0. The molecule has 0 radical (unpaired) electrons. The lowest BCUT2D eigenvalue weighted by Gasteiger charge is -2.22. The molecule has 4 aromatic heterocycles. The van der Waals surface area contributed by atoms with Crippen molar-refractivity contribution < 1.29 is 36.9 Å². The Labute approximate surface area is 242 Å². The molecule has 17 nitrogen and oxygen atoms in total. The highest BCUT2D eigenvalue weighted by molar-refractivity contribution is 8.46. The van der Waals surface area contributed by atoms with Crippen molar-refractivity contribution in [1.82, 2.24) is 39.0 Å². The molecule has 0 saturated carbocycles. The lowest BCUT2D eigenvalue weighted by atomic mass is 10.0. The number of imidazole rings is 2. The number of alkyl halides is 1. The predicted molar refractivity (Wildman–Crippen MR) is 149 cm³/mol. The van der Waals surface area contributed by atoms with Crippen LogP contribution in [0.2, 0.25) is 0 Å². The van der Waals surface area contributed by atoms with Crippen LogP contribution in [0.5, 0.6) is 0 Å². The third-order valence-electron chi connectivity index (χ3n) is 7.20. The van der Waals surface area contributed by atoms with Gasteiger partial charge in [0.15, 0.2) is 22.9 Å². The van der Waals surface area contributed by atoms with E-state index in [0.717, 1.165) is 0 Å². The first-order chi connectivity index (χ1) is 20.1. The number of anilines is 2. The lowest BCUT2D eigenvalue weighted by molar-refractivity contribution is -0.0273. The van der Waals surface area contributed by atoms with Crippen molar-refractivity contribution in [1.29, 1.82) is 0 Å². The van der Waals surface area contributed by atoms with E-state index < -0.39 is 51.6 Å². The third-order valence-corrected chi connectivity index (χ3v) is 9.93. The average Bonchev–Trinajstić information content (AvgIpc) is 3.72. The summed E-state index contributed by atoms with van der Waals surface area (Å²) in [6.45, 7) is -4.20. The lowest BCUT2D eigenvalue weighted by Crippen LogP contribution is -2.26. The summed E-state index contributed by atoms with van der Waals surface area (Å²) in [4.78, 5) is 33.8. The highest BCUT2D eigenvalue weighted by Crippen LogP contribution is 2.56. The zero-order chi connectivity index (χ0) is 29.6. The molecule has 0 amide bonds. The van der Waals surface area contributed by atoms with Gasteiger partial charge in [-0.2, -0.15) is 0 Å². The van der Waals surface area contributed by atoms with Gasteiger partial charge in [-0.3, -0.25) is 18.3 Å². The molecule has 6 rings (SSSR count). The second-order valence-electron chi connectivity index (χ2n) is 9.86. The number of hydrogen-bond acceptors (Lipinski definition) is 14. The van der Waals surface area contributed by atoms with Gasteiger partial charge in [0.25, 0.3) is 6.57 Å². The van der Waals surface area contributed by atoms with E-state index in [9.17, 15) is 18.4 Å². The van der Waals surface area contributed by atoms with Crippen LogP contribution in [0.4, 0.5) is 16.0 Å². The van der Waals surface area contributed by atoms with Crippen molar-refractivity contribution in [3.05, 3.63) is 25.3 Å². The van der Waals surface area contributed by atoms with Crippen LogP contribution in [0, 0.1) is 5.92 Å². The van der Waals surface area contributed by atoms with Crippen LogP contribution in [0.25, 0.3) is 22.3 Å². The molecule has 5 N–H and O–H groups in total. The normalized spacial score (nSPS) is 28.5. The van der Waals surface area contributed by atoms with Gasteiger partial charge in [-0.15, -0.1) is 0 Å². The van der Waals surface area contributed by atoms with Crippen molar-refractivity contribution in [2.24, 2.45) is 5.92 Å². The standard InChI is InChI=1S/C21H27FN10O7P2S/c22-11-2-15(32-9-30-17-19(24)26-7-28-21(17)32)39-13(11)4-37-41(35,42)5-10-1-14(38-12(10)3-36-40(33)34)31-8-29-16-18(23)25-6-27-20(16)31/h6-15,40H,1-5H2,(H,33,34)(H,35,42)(H2,23,25,27)(H2,24,26,28)/t10-,11-,12-,13-,14-,15-,41?/m1/s1. The molecular weight excluding hydrogens is 617 g/mol. The average molecular weight is 645 g/mol. The van der Waals surface area contributed by atoms with Gasteiger partial charge in [0.05, 0.1) is 32.0 Å². The molecule has 2 aliphatic heterocycles. The quantitative estimate of drug-likeness (QED) is 0.143. The Balaban J connectivity index is 1.12. The maximum absolute atomic E-state index is 15.0. The SMILES string of the molecule is Nc1ncnc2c1ncn2[C@H]1C[C@H](CP(=O)(S)OC[C@H]2O[C@@H](n3cnc4c(N)ncnc43)C[C@H]2F)[C@@H](CO[PH](=O)O)O1. The van der Waals surface area contributed by atoms with E-state index in [4.69, 9.17) is 30.0 Å². The number of rotatable bonds is 10. The van der Waals surface area contributed by atoms with Crippen molar-refractivity contribution in [3.63, 3.8) is 0 Å². The zero-order valence-corrected chi connectivity index (χ0v) is 24.5. The molecule has 0 spiro atoms. The van der Waals surface area contributed by atoms with E-state index in [1.165, 1.54) is 25.3 Å². The number of hydrogen-bond donors (Lipinski definition) is 4. The second kappa shape index (κ2) is 11.7. The number of thiol groups is 1. The van der Waals surface area contributed by atoms with Gasteiger partial charge in [-0.25, -0.2) is 34.3 Å². The molecular formula is C21H27FN10O7P2S. The van der Waals surface area contributed by atoms with Crippen LogP contribution < -0.4 is 11.5 Å². The zero-order valence-electron chi connectivity index (χ0n) is 21.7. The van der Waals surface area contributed by atoms with Crippen LogP contribution in [-0.2, 0) is 27.7 Å². The molecule has 6 heterocycles. The molecule has 0 aliphatic carbocycles. The van der Waals surface area contributed by atoms with Gasteiger partial charge >= 0.3 is 8.25 Å². The van der Waals surface area contributed by atoms with Crippen molar-refractivity contribution >= 4 is 61.0 Å². The Hall–Kier alpha value is -2.76. The van der Waals surface area contributed by atoms with Crippen LogP contribution >= 0.6 is 27.1 Å². The number of nitrogens with zero attached hydrogens (tertiary/aromatic N) is 8. The summed E-state index contributed by atoms with van der Waals surface area (Å²) >= 11 is 4.28. The maximum atomic E-state index is 15.0. The molecule has 2 saturated heterocycles. The van der Waals surface area contributed by atoms with E-state index in [1.807, 2.05) is 0 Å². The van der Waals surface area contributed by atoms with Crippen molar-refractivity contribution in [3.8, 4) is 0 Å². The Morgan fingerprint density at radius 2 is 1.55 bits per heavy atom. The van der Waals surface area contributed by atoms with Crippen LogP contribution in [-0.4, -0.2) is 81.7 Å². The minimum absolute atomic E-state index is 0.00880. The summed E-state index contributed by atoms with van der Waals surface area (Å²) in [7, 11) is -3.25. The van der Waals surface area contributed by atoms with Crippen LogP contribution in [0.1, 0.15) is 25.3 Å². The number of aromatic nitrogens is 8. The summed E-state index contributed by atoms with van der Waals surface area (Å²) in [6.07, 6.45) is 1.17. The molecule has 4 aromatic rings. The number of nitrogen functional groups attached to an aromatic ring is 2. The topological polar surface area (TPSA) is 231 Å². The summed E-state index contributed by atoms with van der Waals surface area (Å²) < 4.78 is 65.4. The minimum atomic E-state index is -3.64. The Kier molecular flexibility index (Phi) is 8.19. The van der Waals surface area contributed by atoms with E-state index in [-0.39, 0.29) is 37.4 Å². The van der Waals surface area contributed by atoms with Gasteiger partial charge < -0.3 is 34.9 Å². The summed E-state index contributed by atoms with van der Waals surface area (Å²) in [5, 5.41) is 0. The molecule has 2 aliphatic rings. The Bertz CT molecular complexity index is 1680. The first kappa shape index (κ1) is 29.3. The van der Waals surface area contributed by atoms with E-state index in [0.29, 0.717) is 28.7 Å². The Morgan fingerprint density at radius 1 is 0.976 bits per heavy atom. The predicted octanol–water partition coefficient (Wildman–Crippen LogP) is 1.90. The molecule has 42 heavy (non-hydrogen) atoms. The highest BCUT2D eigenvalue weighted by atomic mass is 32.7. The largest absolute Gasteiger partial charge is 0.382 e. The number of fused-ring (bicyclic) bond motifs is 2. The Morgan fingerprint density at radius 3 is 2.14 bits per heavy atom. The number of halogens is 1. The molecule has 0 aromatic carbocycles.